The fraction of sp³-hybridized carbons (Fsp3) is 0.357. The number of thioether (sulfide) groups is 1. The van der Waals surface area contributed by atoms with Crippen molar-refractivity contribution in [3.8, 4) is 11.4 Å². The van der Waals surface area contributed by atoms with Crippen LogP contribution in [0.2, 0.25) is 0 Å². The third-order valence-electron chi connectivity index (χ3n) is 6.18. The van der Waals surface area contributed by atoms with Gasteiger partial charge in [-0.2, -0.15) is 0 Å². The van der Waals surface area contributed by atoms with Crippen LogP contribution in [0.25, 0.3) is 15.9 Å². The van der Waals surface area contributed by atoms with Crippen LogP contribution in [0.5, 0.6) is 5.75 Å². The maximum absolute atomic E-state index is 13.9. The molecule has 0 radical (unpaired) electrons. The lowest BCUT2D eigenvalue weighted by Crippen LogP contribution is -2.22. The Hall–Kier alpha value is -2.57. The van der Waals surface area contributed by atoms with Gasteiger partial charge < -0.3 is 4.74 Å². The normalized spacial score (nSPS) is 11.9. The van der Waals surface area contributed by atoms with Gasteiger partial charge in [-0.05, 0) is 66.1 Å². The molecule has 2 aromatic heterocycles. The molecule has 178 valence electrons. The van der Waals surface area contributed by atoms with E-state index in [-0.39, 0.29) is 11.0 Å². The van der Waals surface area contributed by atoms with Crippen LogP contribution in [-0.4, -0.2) is 16.7 Å². The van der Waals surface area contributed by atoms with Gasteiger partial charge >= 0.3 is 0 Å². The molecule has 6 heteroatoms. The zero-order chi connectivity index (χ0) is 24.6. The summed E-state index contributed by atoms with van der Waals surface area (Å²) < 4.78 is 7.18. The second kappa shape index (κ2) is 9.59. The molecule has 0 spiro atoms. The van der Waals surface area contributed by atoms with Gasteiger partial charge in [-0.3, -0.25) is 9.36 Å². The fourth-order valence-electron chi connectivity index (χ4n) is 4.19. The van der Waals surface area contributed by atoms with Crippen LogP contribution < -0.4 is 10.3 Å². The largest absolute Gasteiger partial charge is 0.497 e. The molecular weight excluding hydrogens is 460 g/mol. The minimum Gasteiger partial charge on any atom is -0.497 e. The molecule has 0 amide bonds. The SMILES string of the molecule is CCc1c(C)sc2nc(SCc3ccc(C(C)(C)C)cc3)n(-c3ccc(OC)cc3C)c(=O)c12. The molecule has 0 bridgehead atoms. The van der Waals surface area contributed by atoms with E-state index in [4.69, 9.17) is 9.72 Å². The van der Waals surface area contributed by atoms with E-state index >= 15 is 0 Å². The van der Waals surface area contributed by atoms with Crippen LogP contribution in [0.15, 0.2) is 52.4 Å². The van der Waals surface area contributed by atoms with E-state index in [9.17, 15) is 4.79 Å². The summed E-state index contributed by atoms with van der Waals surface area (Å²) in [5, 5.41) is 1.47. The molecule has 0 saturated carbocycles. The summed E-state index contributed by atoms with van der Waals surface area (Å²) in [4.78, 5) is 20.9. The van der Waals surface area contributed by atoms with Gasteiger partial charge in [0.25, 0.3) is 5.56 Å². The van der Waals surface area contributed by atoms with Crippen LogP contribution in [0.4, 0.5) is 0 Å². The highest BCUT2D eigenvalue weighted by Crippen LogP contribution is 2.33. The summed E-state index contributed by atoms with van der Waals surface area (Å²) in [6.07, 6.45) is 0.816. The zero-order valence-corrected chi connectivity index (χ0v) is 22.6. The van der Waals surface area contributed by atoms with Crippen LogP contribution >= 0.6 is 23.1 Å². The Morgan fingerprint density at radius 2 is 1.79 bits per heavy atom. The van der Waals surface area contributed by atoms with Crippen LogP contribution in [0.1, 0.15) is 54.8 Å². The van der Waals surface area contributed by atoms with Crippen LogP contribution in [0, 0.1) is 13.8 Å². The lowest BCUT2D eigenvalue weighted by Gasteiger charge is -2.19. The summed E-state index contributed by atoms with van der Waals surface area (Å²) in [6, 6.07) is 14.6. The van der Waals surface area contributed by atoms with E-state index in [0.29, 0.717) is 0 Å². The molecule has 2 aromatic carbocycles. The van der Waals surface area contributed by atoms with Crippen molar-refractivity contribution in [2.24, 2.45) is 0 Å². The molecule has 0 aliphatic heterocycles. The Balaban J connectivity index is 1.82. The van der Waals surface area contributed by atoms with Crippen LogP contribution in [0.3, 0.4) is 0 Å². The first-order valence-electron chi connectivity index (χ1n) is 11.6. The van der Waals surface area contributed by atoms with E-state index in [1.54, 1.807) is 34.8 Å². The Kier molecular flexibility index (Phi) is 6.92. The number of rotatable bonds is 6. The van der Waals surface area contributed by atoms with Gasteiger partial charge in [0.15, 0.2) is 5.16 Å². The van der Waals surface area contributed by atoms with Gasteiger partial charge in [0.1, 0.15) is 10.6 Å². The molecule has 0 unspecified atom stereocenters. The van der Waals surface area contributed by atoms with Gasteiger partial charge in [-0.25, -0.2) is 4.98 Å². The third kappa shape index (κ3) is 4.66. The van der Waals surface area contributed by atoms with Crippen molar-refractivity contribution in [1.29, 1.82) is 0 Å². The Bertz CT molecular complexity index is 1390. The highest BCUT2D eigenvalue weighted by molar-refractivity contribution is 7.98. The molecule has 2 heterocycles. The maximum atomic E-state index is 13.9. The number of benzene rings is 2. The van der Waals surface area contributed by atoms with Crippen molar-refractivity contribution in [3.05, 3.63) is 79.9 Å². The Morgan fingerprint density at radius 1 is 1.09 bits per heavy atom. The molecule has 4 aromatic rings. The number of methoxy groups -OCH3 is 1. The van der Waals surface area contributed by atoms with Crippen molar-refractivity contribution in [2.45, 2.75) is 64.3 Å². The summed E-state index contributed by atoms with van der Waals surface area (Å²) in [7, 11) is 1.65. The molecule has 0 aliphatic carbocycles. The quantitative estimate of drug-likeness (QED) is 0.210. The van der Waals surface area contributed by atoms with E-state index in [1.807, 2.05) is 25.1 Å². The first-order chi connectivity index (χ1) is 16.1. The molecule has 0 N–H and O–H groups in total. The summed E-state index contributed by atoms with van der Waals surface area (Å²) >= 11 is 3.22. The van der Waals surface area contributed by atoms with Gasteiger partial charge in [0, 0.05) is 10.6 Å². The van der Waals surface area contributed by atoms with Crippen molar-refractivity contribution < 1.29 is 4.74 Å². The van der Waals surface area contributed by atoms with Gasteiger partial charge in [0.2, 0.25) is 0 Å². The molecule has 0 atom stereocenters. The lowest BCUT2D eigenvalue weighted by molar-refractivity contribution is 0.414. The molecular formula is C28H32N2O2S2. The smallest absolute Gasteiger partial charge is 0.267 e. The second-order valence-corrected chi connectivity index (χ2v) is 11.7. The molecule has 4 rings (SSSR count). The van der Waals surface area contributed by atoms with Gasteiger partial charge in [-0.15, -0.1) is 11.3 Å². The first kappa shape index (κ1) is 24.6. The summed E-state index contributed by atoms with van der Waals surface area (Å²) in [6.45, 7) is 12.9. The highest BCUT2D eigenvalue weighted by atomic mass is 32.2. The Morgan fingerprint density at radius 3 is 2.38 bits per heavy atom. The highest BCUT2D eigenvalue weighted by Gasteiger charge is 2.20. The van der Waals surface area contributed by atoms with E-state index in [2.05, 4.69) is 58.9 Å². The standard InChI is InChI=1S/C28H32N2O2S2/c1-8-22-18(3)34-25-24(22)26(31)30(23-14-13-21(32-7)15-17(23)2)27(29-25)33-16-19-9-11-20(12-10-19)28(4,5)6/h9-15H,8,16H2,1-7H3. The minimum absolute atomic E-state index is 0.00467. The fourth-order valence-corrected chi connectivity index (χ4v) is 6.30. The third-order valence-corrected chi connectivity index (χ3v) is 8.23. The zero-order valence-electron chi connectivity index (χ0n) is 21.0. The summed E-state index contributed by atoms with van der Waals surface area (Å²) in [5.74, 6) is 1.51. The number of hydrogen-bond donors (Lipinski definition) is 0. The number of thiophene rings is 1. The lowest BCUT2D eigenvalue weighted by atomic mass is 9.87. The average Bonchev–Trinajstić information content (AvgIpc) is 3.13. The van der Waals surface area contributed by atoms with E-state index in [1.165, 1.54) is 16.0 Å². The molecule has 0 fully saturated rings. The van der Waals surface area contributed by atoms with E-state index in [0.717, 1.165) is 50.1 Å². The predicted octanol–water partition coefficient (Wildman–Crippen LogP) is 7.22. The maximum Gasteiger partial charge on any atom is 0.267 e. The van der Waals surface area contributed by atoms with Gasteiger partial charge in [-0.1, -0.05) is 63.7 Å². The van der Waals surface area contributed by atoms with Crippen molar-refractivity contribution in [3.63, 3.8) is 0 Å². The van der Waals surface area contributed by atoms with Crippen molar-refractivity contribution in [2.75, 3.05) is 7.11 Å². The van der Waals surface area contributed by atoms with Gasteiger partial charge in [0.05, 0.1) is 18.2 Å². The Labute approximate surface area is 210 Å². The number of hydrogen-bond acceptors (Lipinski definition) is 5. The number of aromatic nitrogens is 2. The molecule has 0 aliphatic rings. The topological polar surface area (TPSA) is 44.1 Å². The van der Waals surface area contributed by atoms with E-state index < -0.39 is 0 Å². The number of fused-ring (bicyclic) bond motifs is 1. The average molecular weight is 493 g/mol. The predicted molar refractivity (Wildman–Crippen MR) is 145 cm³/mol. The molecule has 4 nitrogen and oxygen atoms in total. The van der Waals surface area contributed by atoms with Crippen molar-refractivity contribution >= 4 is 33.3 Å². The van der Waals surface area contributed by atoms with Crippen molar-refractivity contribution in [1.82, 2.24) is 9.55 Å². The number of ether oxygens (including phenoxy) is 1. The second-order valence-electron chi connectivity index (χ2n) is 9.59. The monoisotopic (exact) mass is 492 g/mol. The van der Waals surface area contributed by atoms with Crippen LogP contribution in [-0.2, 0) is 17.6 Å². The first-order valence-corrected chi connectivity index (χ1v) is 13.4. The summed E-state index contributed by atoms with van der Waals surface area (Å²) in [5.41, 5.74) is 5.57. The number of nitrogens with zero attached hydrogens (tertiary/aromatic N) is 2. The number of aryl methyl sites for hydroxylation is 3. The molecule has 34 heavy (non-hydrogen) atoms. The minimum atomic E-state index is 0.00467. The molecule has 0 saturated heterocycles.